The summed E-state index contributed by atoms with van der Waals surface area (Å²) in [6, 6.07) is 11.2. The van der Waals surface area contributed by atoms with Gasteiger partial charge in [0.05, 0.1) is 6.04 Å². The smallest absolute Gasteiger partial charge is 0.238 e. The Morgan fingerprint density at radius 1 is 1.15 bits per heavy atom. The summed E-state index contributed by atoms with van der Waals surface area (Å²) in [7, 11) is 3.62. The molecule has 1 aliphatic rings. The molecule has 0 spiro atoms. The van der Waals surface area contributed by atoms with Gasteiger partial charge in [-0.1, -0.05) is 30.3 Å². The zero-order valence-corrected chi connectivity index (χ0v) is 12.8. The Morgan fingerprint density at radius 2 is 1.75 bits per heavy atom. The first-order chi connectivity index (χ1) is 9.58. The van der Waals surface area contributed by atoms with Crippen LogP contribution < -0.4 is 5.32 Å². The third kappa shape index (κ3) is 3.83. The number of rotatable bonds is 4. The highest BCUT2D eigenvalue weighted by Gasteiger charge is 2.25. The zero-order chi connectivity index (χ0) is 14.5. The van der Waals surface area contributed by atoms with Crippen molar-refractivity contribution in [3.63, 3.8) is 0 Å². The molecule has 2 rings (SSSR count). The fourth-order valence-electron chi connectivity index (χ4n) is 3.13. The normalized spacial score (nSPS) is 24.1. The maximum atomic E-state index is 11.9. The number of likely N-dealkylation sites (N-methyl/N-ethyl adjacent to an activating group) is 1. The molecule has 20 heavy (non-hydrogen) atoms. The summed E-state index contributed by atoms with van der Waals surface area (Å²) in [5.41, 5.74) is 1.46. The monoisotopic (exact) mass is 274 g/mol. The fraction of sp³-hybridized carbons (Fsp3) is 0.588. The van der Waals surface area contributed by atoms with Crippen LogP contribution in [0.3, 0.4) is 0 Å². The van der Waals surface area contributed by atoms with Crippen LogP contribution in [0.25, 0.3) is 0 Å². The van der Waals surface area contributed by atoms with Crippen molar-refractivity contribution < 1.29 is 4.79 Å². The van der Waals surface area contributed by atoms with Crippen molar-refractivity contribution in [1.29, 1.82) is 0 Å². The Bertz CT molecular complexity index is 422. The molecular formula is C17H26N2O. The molecule has 3 nitrogen and oxygen atoms in total. The van der Waals surface area contributed by atoms with Gasteiger partial charge in [-0.05, 0) is 44.1 Å². The van der Waals surface area contributed by atoms with Crippen LogP contribution in [0.15, 0.2) is 30.3 Å². The lowest BCUT2D eigenvalue weighted by Gasteiger charge is -2.31. The molecule has 0 radical (unpaired) electrons. The summed E-state index contributed by atoms with van der Waals surface area (Å²) < 4.78 is 0. The molecule has 1 saturated carbocycles. The van der Waals surface area contributed by atoms with E-state index < -0.39 is 0 Å². The minimum Gasteiger partial charge on any atom is -0.347 e. The number of nitrogens with zero attached hydrogens (tertiary/aromatic N) is 1. The Kier molecular flexibility index (Phi) is 5.18. The molecule has 110 valence electrons. The second kappa shape index (κ2) is 6.89. The van der Waals surface area contributed by atoms with Gasteiger partial charge in [0.15, 0.2) is 0 Å². The van der Waals surface area contributed by atoms with Crippen LogP contribution in [-0.4, -0.2) is 37.0 Å². The SMILES string of the molecule is CC(NC1CCC(c2ccccc2)CC1)C(=O)N(C)C. The van der Waals surface area contributed by atoms with E-state index in [0.29, 0.717) is 12.0 Å². The number of amides is 1. The summed E-state index contributed by atoms with van der Waals surface area (Å²) in [6.45, 7) is 1.96. The summed E-state index contributed by atoms with van der Waals surface area (Å²) in [5, 5.41) is 3.48. The third-order valence-electron chi connectivity index (χ3n) is 4.30. The quantitative estimate of drug-likeness (QED) is 0.915. The number of hydrogen-bond donors (Lipinski definition) is 1. The second-order valence-electron chi connectivity index (χ2n) is 6.08. The molecule has 0 aromatic heterocycles. The zero-order valence-electron chi connectivity index (χ0n) is 12.8. The van der Waals surface area contributed by atoms with E-state index in [-0.39, 0.29) is 11.9 Å². The molecule has 3 heteroatoms. The number of hydrogen-bond acceptors (Lipinski definition) is 2. The number of carbonyl (C=O) groups excluding carboxylic acids is 1. The van der Waals surface area contributed by atoms with E-state index in [4.69, 9.17) is 0 Å². The highest BCUT2D eigenvalue weighted by Crippen LogP contribution is 2.32. The van der Waals surface area contributed by atoms with Crippen LogP contribution >= 0.6 is 0 Å². The summed E-state index contributed by atoms with van der Waals surface area (Å²) >= 11 is 0. The molecule has 1 atom stereocenters. The first-order valence-electron chi connectivity index (χ1n) is 7.60. The highest BCUT2D eigenvalue weighted by atomic mass is 16.2. The van der Waals surface area contributed by atoms with Gasteiger partial charge in [0.25, 0.3) is 0 Å². The molecule has 0 heterocycles. The van der Waals surface area contributed by atoms with Crippen LogP contribution in [0.5, 0.6) is 0 Å². The lowest BCUT2D eigenvalue weighted by Crippen LogP contribution is -2.47. The lowest BCUT2D eigenvalue weighted by molar-refractivity contribution is -0.130. The van der Waals surface area contributed by atoms with Gasteiger partial charge in [-0.25, -0.2) is 0 Å². The van der Waals surface area contributed by atoms with Gasteiger partial charge >= 0.3 is 0 Å². The Morgan fingerprint density at radius 3 is 2.30 bits per heavy atom. The van der Waals surface area contributed by atoms with Gasteiger partial charge in [-0.15, -0.1) is 0 Å². The first kappa shape index (κ1) is 15.0. The summed E-state index contributed by atoms with van der Waals surface area (Å²) in [6.07, 6.45) is 4.74. The maximum absolute atomic E-state index is 11.9. The van der Waals surface area contributed by atoms with E-state index in [1.54, 1.807) is 4.90 Å². The molecule has 1 aromatic carbocycles. The molecule has 1 amide bonds. The van der Waals surface area contributed by atoms with Crippen LogP contribution in [0.2, 0.25) is 0 Å². The van der Waals surface area contributed by atoms with E-state index in [2.05, 4.69) is 35.6 Å². The standard InChI is InChI=1S/C17H26N2O/c1-13(17(20)19(2)3)18-16-11-9-15(10-12-16)14-7-5-4-6-8-14/h4-8,13,15-16,18H,9-12H2,1-3H3. The van der Waals surface area contributed by atoms with Crippen molar-refractivity contribution >= 4 is 5.91 Å². The average Bonchev–Trinajstić information content (AvgIpc) is 2.48. The Balaban J connectivity index is 1.81. The molecular weight excluding hydrogens is 248 g/mol. The molecule has 0 saturated heterocycles. The van der Waals surface area contributed by atoms with Crippen molar-refractivity contribution in [2.45, 2.75) is 50.6 Å². The summed E-state index contributed by atoms with van der Waals surface area (Å²) in [4.78, 5) is 13.5. The van der Waals surface area contributed by atoms with Gasteiger partial charge in [-0.3, -0.25) is 4.79 Å². The van der Waals surface area contributed by atoms with Gasteiger partial charge in [-0.2, -0.15) is 0 Å². The first-order valence-corrected chi connectivity index (χ1v) is 7.60. The van der Waals surface area contributed by atoms with Crippen molar-refractivity contribution in [3.8, 4) is 0 Å². The van der Waals surface area contributed by atoms with Gasteiger partial charge in [0.2, 0.25) is 5.91 Å². The van der Waals surface area contributed by atoms with E-state index >= 15 is 0 Å². The molecule has 1 unspecified atom stereocenters. The maximum Gasteiger partial charge on any atom is 0.238 e. The summed E-state index contributed by atoms with van der Waals surface area (Å²) in [5.74, 6) is 0.851. The molecule has 1 N–H and O–H groups in total. The van der Waals surface area contributed by atoms with Gasteiger partial charge in [0.1, 0.15) is 0 Å². The molecule has 1 fully saturated rings. The van der Waals surface area contributed by atoms with Crippen molar-refractivity contribution in [2.75, 3.05) is 14.1 Å². The fourth-order valence-corrected chi connectivity index (χ4v) is 3.13. The van der Waals surface area contributed by atoms with E-state index in [0.717, 1.165) is 12.8 Å². The van der Waals surface area contributed by atoms with E-state index in [9.17, 15) is 4.79 Å². The third-order valence-corrected chi connectivity index (χ3v) is 4.30. The molecule has 0 aliphatic heterocycles. The molecule has 1 aromatic rings. The Hall–Kier alpha value is -1.35. The van der Waals surface area contributed by atoms with Crippen LogP contribution in [0.4, 0.5) is 0 Å². The highest BCUT2D eigenvalue weighted by molar-refractivity contribution is 5.80. The number of nitrogens with one attached hydrogen (secondary N) is 1. The predicted molar refractivity (Wildman–Crippen MR) is 82.7 cm³/mol. The van der Waals surface area contributed by atoms with Crippen molar-refractivity contribution in [2.24, 2.45) is 0 Å². The van der Waals surface area contributed by atoms with Crippen molar-refractivity contribution in [1.82, 2.24) is 10.2 Å². The predicted octanol–water partition coefficient (Wildman–Crippen LogP) is 2.78. The molecule has 0 bridgehead atoms. The lowest BCUT2D eigenvalue weighted by atomic mass is 9.81. The topological polar surface area (TPSA) is 32.3 Å². The van der Waals surface area contributed by atoms with E-state index in [1.807, 2.05) is 21.0 Å². The number of carbonyl (C=O) groups is 1. The van der Waals surface area contributed by atoms with Crippen LogP contribution in [-0.2, 0) is 4.79 Å². The largest absolute Gasteiger partial charge is 0.347 e. The van der Waals surface area contributed by atoms with Crippen LogP contribution in [0, 0.1) is 0 Å². The molecule has 1 aliphatic carbocycles. The average molecular weight is 274 g/mol. The van der Waals surface area contributed by atoms with Crippen molar-refractivity contribution in [3.05, 3.63) is 35.9 Å². The second-order valence-corrected chi connectivity index (χ2v) is 6.08. The number of benzene rings is 1. The van der Waals surface area contributed by atoms with E-state index in [1.165, 1.54) is 18.4 Å². The Labute approximate surface area is 122 Å². The van der Waals surface area contributed by atoms with Crippen LogP contribution in [0.1, 0.15) is 44.1 Å². The minimum atomic E-state index is -0.0803. The van der Waals surface area contributed by atoms with Gasteiger partial charge in [0, 0.05) is 20.1 Å². The van der Waals surface area contributed by atoms with Gasteiger partial charge < -0.3 is 10.2 Å². The minimum absolute atomic E-state index is 0.0803.